The number of anilines is 1. The molecule has 0 saturated heterocycles. The quantitative estimate of drug-likeness (QED) is 0.754. The highest BCUT2D eigenvalue weighted by atomic mass is 16.5. The van der Waals surface area contributed by atoms with Crippen molar-refractivity contribution in [1.29, 1.82) is 0 Å². The summed E-state index contributed by atoms with van der Waals surface area (Å²) in [6, 6.07) is 7.09. The fourth-order valence-electron chi connectivity index (χ4n) is 2.00. The minimum absolute atomic E-state index is 0.0980. The van der Waals surface area contributed by atoms with Gasteiger partial charge in [0.25, 0.3) is 0 Å². The number of rotatable bonds is 4. The molecular formula is C13H12N4O3. The van der Waals surface area contributed by atoms with Crippen LogP contribution in [0.25, 0.3) is 5.65 Å². The minimum atomic E-state index is -1.04. The van der Waals surface area contributed by atoms with Gasteiger partial charge in [-0.1, -0.05) is 11.2 Å². The van der Waals surface area contributed by atoms with Crippen LogP contribution in [0.3, 0.4) is 0 Å². The van der Waals surface area contributed by atoms with E-state index in [-0.39, 0.29) is 5.69 Å². The normalized spacial score (nSPS) is 10.8. The number of hydrogen-bond donors (Lipinski definition) is 2. The molecular weight excluding hydrogens is 260 g/mol. The van der Waals surface area contributed by atoms with Gasteiger partial charge in [-0.15, -0.1) is 0 Å². The van der Waals surface area contributed by atoms with Gasteiger partial charge in [-0.05, 0) is 19.1 Å². The van der Waals surface area contributed by atoms with E-state index in [0.29, 0.717) is 29.5 Å². The molecule has 7 nitrogen and oxygen atoms in total. The monoisotopic (exact) mass is 272 g/mol. The third kappa shape index (κ3) is 2.09. The van der Waals surface area contributed by atoms with Crippen molar-refractivity contribution in [3.63, 3.8) is 0 Å². The van der Waals surface area contributed by atoms with Crippen molar-refractivity contribution in [1.82, 2.24) is 14.5 Å². The second-order valence-corrected chi connectivity index (χ2v) is 4.33. The van der Waals surface area contributed by atoms with Gasteiger partial charge in [-0.25, -0.2) is 9.78 Å². The summed E-state index contributed by atoms with van der Waals surface area (Å²) in [5, 5.41) is 16.1. The molecule has 3 rings (SSSR count). The van der Waals surface area contributed by atoms with E-state index in [9.17, 15) is 9.90 Å². The van der Waals surface area contributed by atoms with Crippen LogP contribution in [0, 0.1) is 6.92 Å². The Morgan fingerprint density at radius 1 is 1.50 bits per heavy atom. The van der Waals surface area contributed by atoms with E-state index in [1.807, 2.05) is 0 Å². The maximum Gasteiger partial charge on any atom is 0.356 e. The van der Waals surface area contributed by atoms with Gasteiger partial charge in [0.05, 0.1) is 6.54 Å². The molecule has 7 heteroatoms. The van der Waals surface area contributed by atoms with Crippen molar-refractivity contribution in [3.8, 4) is 0 Å². The van der Waals surface area contributed by atoms with Crippen molar-refractivity contribution in [3.05, 3.63) is 47.6 Å². The minimum Gasteiger partial charge on any atom is -0.476 e. The Morgan fingerprint density at radius 2 is 2.35 bits per heavy atom. The van der Waals surface area contributed by atoms with Gasteiger partial charge in [0.1, 0.15) is 17.1 Å². The van der Waals surface area contributed by atoms with Crippen LogP contribution in [0.2, 0.25) is 0 Å². The first-order valence-electron chi connectivity index (χ1n) is 6.01. The van der Waals surface area contributed by atoms with Crippen LogP contribution >= 0.6 is 0 Å². The molecule has 0 saturated carbocycles. The molecule has 0 aromatic carbocycles. The average Bonchev–Trinajstić information content (AvgIpc) is 2.99. The molecule has 0 radical (unpaired) electrons. The second-order valence-electron chi connectivity index (χ2n) is 4.33. The summed E-state index contributed by atoms with van der Waals surface area (Å²) in [6.45, 7) is 2.14. The fourth-order valence-corrected chi connectivity index (χ4v) is 2.00. The molecule has 3 aromatic rings. The first-order chi connectivity index (χ1) is 9.65. The standard InChI is InChI=1S/C13H12N4O3/c1-8-6-9(16-20-8)7-14-12-11(13(18)19)17-5-3-2-4-10(17)15-12/h2-6,14H,7H2,1H3,(H,18,19). The van der Waals surface area contributed by atoms with Gasteiger partial charge < -0.3 is 14.9 Å². The highest BCUT2D eigenvalue weighted by Gasteiger charge is 2.18. The highest BCUT2D eigenvalue weighted by Crippen LogP contribution is 2.18. The van der Waals surface area contributed by atoms with Crippen molar-refractivity contribution < 1.29 is 14.4 Å². The molecule has 0 spiro atoms. The van der Waals surface area contributed by atoms with E-state index >= 15 is 0 Å². The van der Waals surface area contributed by atoms with E-state index in [0.717, 1.165) is 0 Å². The molecule has 0 unspecified atom stereocenters. The summed E-state index contributed by atoms with van der Waals surface area (Å²) >= 11 is 0. The summed E-state index contributed by atoms with van der Waals surface area (Å²) < 4.78 is 6.48. The van der Waals surface area contributed by atoms with Crippen LogP contribution in [0.5, 0.6) is 0 Å². The molecule has 0 aliphatic carbocycles. The third-order valence-corrected chi connectivity index (χ3v) is 2.85. The zero-order valence-electron chi connectivity index (χ0n) is 10.7. The maximum absolute atomic E-state index is 11.4. The Morgan fingerprint density at radius 3 is 3.05 bits per heavy atom. The van der Waals surface area contributed by atoms with E-state index in [4.69, 9.17) is 4.52 Å². The lowest BCUT2D eigenvalue weighted by Gasteiger charge is -2.01. The molecule has 0 atom stereocenters. The summed E-state index contributed by atoms with van der Waals surface area (Å²) in [5.41, 5.74) is 1.36. The molecule has 0 bridgehead atoms. The van der Waals surface area contributed by atoms with Crippen molar-refractivity contribution in [2.24, 2.45) is 0 Å². The van der Waals surface area contributed by atoms with Gasteiger partial charge in [0.2, 0.25) is 0 Å². The van der Waals surface area contributed by atoms with Gasteiger partial charge in [-0.2, -0.15) is 0 Å². The molecule has 3 aromatic heterocycles. The zero-order chi connectivity index (χ0) is 14.1. The van der Waals surface area contributed by atoms with Crippen LogP contribution in [0.1, 0.15) is 21.9 Å². The van der Waals surface area contributed by atoms with E-state index < -0.39 is 5.97 Å². The lowest BCUT2D eigenvalue weighted by molar-refractivity contribution is 0.0690. The summed E-state index contributed by atoms with van der Waals surface area (Å²) in [7, 11) is 0. The number of aryl methyl sites for hydroxylation is 1. The first kappa shape index (κ1) is 12.2. The number of nitrogens with zero attached hydrogens (tertiary/aromatic N) is 3. The topological polar surface area (TPSA) is 92.7 Å². The van der Waals surface area contributed by atoms with Gasteiger partial charge in [0, 0.05) is 12.3 Å². The lowest BCUT2D eigenvalue weighted by atomic mass is 10.3. The Bertz CT molecular complexity index is 775. The molecule has 2 N–H and O–H groups in total. The number of aromatic carboxylic acids is 1. The predicted octanol–water partition coefficient (Wildman–Crippen LogP) is 1.94. The van der Waals surface area contributed by atoms with E-state index in [1.54, 1.807) is 37.4 Å². The predicted molar refractivity (Wildman–Crippen MR) is 70.7 cm³/mol. The number of imidazole rings is 1. The molecule has 102 valence electrons. The number of nitrogens with one attached hydrogen (secondary N) is 1. The Balaban J connectivity index is 1.94. The SMILES string of the molecule is Cc1cc(CNc2nc3ccccn3c2C(=O)O)no1. The Labute approximate surface area is 113 Å². The largest absolute Gasteiger partial charge is 0.476 e. The number of hydrogen-bond acceptors (Lipinski definition) is 5. The van der Waals surface area contributed by atoms with Crippen molar-refractivity contribution in [2.75, 3.05) is 5.32 Å². The number of aromatic nitrogens is 3. The van der Waals surface area contributed by atoms with Crippen LogP contribution < -0.4 is 5.32 Å². The Hall–Kier alpha value is -2.83. The average molecular weight is 272 g/mol. The summed E-state index contributed by atoms with van der Waals surface area (Å²) in [5.74, 6) is -0.0258. The van der Waals surface area contributed by atoms with Gasteiger partial charge in [-0.3, -0.25) is 4.40 Å². The number of carboxylic acids is 1. The molecule has 3 heterocycles. The van der Waals surface area contributed by atoms with E-state index in [2.05, 4.69) is 15.5 Å². The number of fused-ring (bicyclic) bond motifs is 1. The summed E-state index contributed by atoms with van der Waals surface area (Å²) in [4.78, 5) is 15.6. The molecule has 20 heavy (non-hydrogen) atoms. The number of pyridine rings is 1. The summed E-state index contributed by atoms with van der Waals surface area (Å²) in [6.07, 6.45) is 1.66. The van der Waals surface area contributed by atoms with Crippen LogP contribution in [0.4, 0.5) is 5.82 Å². The second kappa shape index (κ2) is 4.69. The van der Waals surface area contributed by atoms with Crippen LogP contribution in [0.15, 0.2) is 35.0 Å². The van der Waals surface area contributed by atoms with Crippen LogP contribution in [-0.2, 0) is 6.54 Å². The van der Waals surface area contributed by atoms with Gasteiger partial charge >= 0.3 is 5.97 Å². The number of carbonyl (C=O) groups is 1. The molecule has 0 amide bonds. The van der Waals surface area contributed by atoms with Gasteiger partial charge in [0.15, 0.2) is 11.5 Å². The smallest absolute Gasteiger partial charge is 0.356 e. The first-order valence-corrected chi connectivity index (χ1v) is 6.01. The number of carboxylic acid groups (broad SMARTS) is 1. The zero-order valence-corrected chi connectivity index (χ0v) is 10.7. The van der Waals surface area contributed by atoms with Crippen LogP contribution in [-0.4, -0.2) is 25.6 Å². The third-order valence-electron chi connectivity index (χ3n) is 2.85. The van der Waals surface area contributed by atoms with Crippen molar-refractivity contribution in [2.45, 2.75) is 13.5 Å². The molecule has 0 aliphatic heterocycles. The lowest BCUT2D eigenvalue weighted by Crippen LogP contribution is -2.08. The molecule has 0 fully saturated rings. The van der Waals surface area contributed by atoms with E-state index in [1.165, 1.54) is 4.40 Å². The molecule has 0 aliphatic rings. The fraction of sp³-hybridized carbons (Fsp3) is 0.154. The Kier molecular flexibility index (Phi) is 2.86. The van der Waals surface area contributed by atoms with Crippen molar-refractivity contribution >= 4 is 17.4 Å². The maximum atomic E-state index is 11.4. The highest BCUT2D eigenvalue weighted by molar-refractivity contribution is 5.92.